The highest BCUT2D eigenvalue weighted by molar-refractivity contribution is 6.06. The Labute approximate surface area is 195 Å². The number of anilines is 2. The Morgan fingerprint density at radius 1 is 1.26 bits per heavy atom. The number of carbonyl (C=O) groups excluding carboxylic acids is 1. The number of piperidine rings is 1. The summed E-state index contributed by atoms with van der Waals surface area (Å²) in [5, 5.41) is 27.5. The largest absolute Gasteiger partial charge is 0.444 e. The van der Waals surface area contributed by atoms with E-state index in [1.165, 1.54) is 6.26 Å². The lowest BCUT2D eigenvalue weighted by atomic mass is 10.1. The number of rotatable bonds is 6. The smallest absolute Gasteiger partial charge is 0.277 e. The number of aliphatic hydroxyl groups excluding tert-OH is 2. The zero-order valence-electron chi connectivity index (χ0n) is 18.8. The first kappa shape index (κ1) is 22.1. The van der Waals surface area contributed by atoms with Crippen molar-refractivity contribution in [1.82, 2.24) is 19.7 Å². The van der Waals surface area contributed by atoms with Crippen LogP contribution in [-0.4, -0.2) is 61.7 Å². The number of carbonyl (C=O) groups is 1. The van der Waals surface area contributed by atoms with Gasteiger partial charge in [-0.3, -0.25) is 14.5 Å². The quantitative estimate of drug-likeness (QED) is 0.399. The Balaban J connectivity index is 1.46. The molecule has 4 aromatic rings. The summed E-state index contributed by atoms with van der Waals surface area (Å²) in [6.07, 6.45) is 5.71. The normalized spacial score (nSPS) is 14.6. The van der Waals surface area contributed by atoms with Gasteiger partial charge in [0.15, 0.2) is 5.69 Å². The molecule has 4 heterocycles. The molecule has 0 saturated carbocycles. The molecule has 1 fully saturated rings. The average Bonchev–Trinajstić information content (AvgIpc) is 3.47. The Hall–Kier alpha value is -3.76. The van der Waals surface area contributed by atoms with Crippen molar-refractivity contribution < 1.29 is 19.4 Å². The minimum absolute atomic E-state index is 0.0218. The van der Waals surface area contributed by atoms with Gasteiger partial charge in [-0.2, -0.15) is 5.10 Å². The van der Waals surface area contributed by atoms with Gasteiger partial charge < -0.3 is 24.8 Å². The fraction of sp³-hybridized carbons (Fsp3) is 0.333. The summed E-state index contributed by atoms with van der Waals surface area (Å²) in [5.74, 6) is -0.0391. The zero-order chi connectivity index (χ0) is 23.7. The van der Waals surface area contributed by atoms with Gasteiger partial charge in [0.25, 0.3) is 5.91 Å². The Morgan fingerprint density at radius 2 is 2.09 bits per heavy atom. The molecule has 5 rings (SSSR count). The van der Waals surface area contributed by atoms with E-state index in [0.29, 0.717) is 44.1 Å². The van der Waals surface area contributed by atoms with Crippen LogP contribution in [0.4, 0.5) is 11.4 Å². The van der Waals surface area contributed by atoms with Gasteiger partial charge in [-0.1, -0.05) is 0 Å². The van der Waals surface area contributed by atoms with E-state index in [2.05, 4.69) is 25.3 Å². The molecule has 176 valence electrons. The minimum atomic E-state index is -0.388. The van der Waals surface area contributed by atoms with Crippen LogP contribution in [0.2, 0.25) is 0 Å². The van der Waals surface area contributed by atoms with E-state index in [4.69, 9.17) is 4.42 Å². The summed E-state index contributed by atoms with van der Waals surface area (Å²) in [6, 6.07) is 7.47. The van der Waals surface area contributed by atoms with Crippen LogP contribution >= 0.6 is 0 Å². The van der Waals surface area contributed by atoms with E-state index < -0.39 is 0 Å². The van der Waals surface area contributed by atoms with Crippen molar-refractivity contribution in [3.05, 3.63) is 54.3 Å². The molecule has 1 aliphatic heterocycles. The first-order valence-electron chi connectivity index (χ1n) is 11.2. The van der Waals surface area contributed by atoms with Crippen LogP contribution in [0.25, 0.3) is 22.4 Å². The SMILES string of the molecule is Cc1cc(-c2nc(C(=O)Nc3cc4cnn(CCO)c4cc3N3CCC(O)CC3)co2)ccn1. The van der Waals surface area contributed by atoms with Crippen LogP contribution in [0.3, 0.4) is 0 Å². The van der Waals surface area contributed by atoms with Gasteiger partial charge in [-0.25, -0.2) is 4.98 Å². The molecule has 0 bridgehead atoms. The Bertz CT molecular complexity index is 1320. The number of benzene rings is 1. The van der Waals surface area contributed by atoms with Crippen LogP contribution < -0.4 is 10.2 Å². The first-order chi connectivity index (χ1) is 16.5. The van der Waals surface area contributed by atoms with Crippen molar-refractivity contribution in [2.45, 2.75) is 32.4 Å². The van der Waals surface area contributed by atoms with Crippen molar-refractivity contribution in [2.75, 3.05) is 29.9 Å². The number of hydrogen-bond acceptors (Lipinski definition) is 8. The van der Waals surface area contributed by atoms with Crippen molar-refractivity contribution in [2.24, 2.45) is 0 Å². The standard InChI is InChI=1S/C24H26N6O4/c1-15-10-16(2-5-25-15)24-28-20(14-34-24)23(33)27-19-11-17-13-26-30(8-9-31)21(17)12-22(19)29-6-3-18(32)4-7-29/h2,5,10-14,18,31-32H,3-4,6-9H2,1H3,(H,27,33). The molecule has 0 unspecified atom stereocenters. The lowest BCUT2D eigenvalue weighted by molar-refractivity contribution is 0.102. The molecular formula is C24H26N6O4. The van der Waals surface area contributed by atoms with Crippen molar-refractivity contribution >= 4 is 28.2 Å². The van der Waals surface area contributed by atoms with Crippen LogP contribution in [0.15, 0.2) is 47.3 Å². The maximum absolute atomic E-state index is 13.1. The molecule has 1 saturated heterocycles. The molecule has 3 N–H and O–H groups in total. The molecule has 1 amide bonds. The maximum atomic E-state index is 13.1. The summed E-state index contributed by atoms with van der Waals surface area (Å²) >= 11 is 0. The third-order valence-corrected chi connectivity index (χ3v) is 6.00. The second kappa shape index (κ2) is 9.24. The van der Waals surface area contributed by atoms with Crippen LogP contribution in [0, 0.1) is 6.92 Å². The zero-order valence-corrected chi connectivity index (χ0v) is 18.8. The predicted octanol–water partition coefficient (Wildman–Crippen LogP) is 2.60. The monoisotopic (exact) mass is 462 g/mol. The summed E-state index contributed by atoms with van der Waals surface area (Å²) in [5.41, 5.74) is 4.07. The lowest BCUT2D eigenvalue weighted by Crippen LogP contribution is -2.36. The van der Waals surface area contributed by atoms with Gasteiger partial charge in [0.2, 0.25) is 5.89 Å². The highest BCUT2D eigenvalue weighted by atomic mass is 16.3. The molecule has 0 spiro atoms. The number of amides is 1. The second-order valence-corrected chi connectivity index (χ2v) is 8.42. The maximum Gasteiger partial charge on any atom is 0.277 e. The predicted molar refractivity (Wildman–Crippen MR) is 127 cm³/mol. The van der Waals surface area contributed by atoms with E-state index in [9.17, 15) is 15.0 Å². The fourth-order valence-electron chi connectivity index (χ4n) is 4.23. The number of nitrogens with one attached hydrogen (secondary N) is 1. The lowest BCUT2D eigenvalue weighted by Gasteiger charge is -2.33. The van der Waals surface area contributed by atoms with E-state index in [1.807, 2.05) is 25.1 Å². The highest BCUT2D eigenvalue weighted by Crippen LogP contribution is 2.34. The molecule has 3 aromatic heterocycles. The number of oxazole rings is 1. The molecular weight excluding hydrogens is 436 g/mol. The van der Waals surface area contributed by atoms with Gasteiger partial charge in [0.1, 0.15) is 6.26 Å². The Kier molecular flexibility index (Phi) is 5.99. The summed E-state index contributed by atoms with van der Waals surface area (Å²) in [7, 11) is 0. The number of aromatic nitrogens is 4. The highest BCUT2D eigenvalue weighted by Gasteiger charge is 2.23. The van der Waals surface area contributed by atoms with Crippen LogP contribution in [-0.2, 0) is 6.54 Å². The molecule has 1 aliphatic rings. The van der Waals surface area contributed by atoms with Crippen LogP contribution in [0.5, 0.6) is 0 Å². The third kappa shape index (κ3) is 4.37. The van der Waals surface area contributed by atoms with Crippen molar-refractivity contribution in [1.29, 1.82) is 0 Å². The second-order valence-electron chi connectivity index (χ2n) is 8.42. The molecule has 0 atom stereocenters. The molecule has 0 aliphatic carbocycles. The van der Waals surface area contributed by atoms with Gasteiger partial charge in [0, 0.05) is 35.9 Å². The van der Waals surface area contributed by atoms with Crippen LogP contribution in [0.1, 0.15) is 29.0 Å². The number of fused-ring (bicyclic) bond motifs is 1. The van der Waals surface area contributed by atoms with Gasteiger partial charge in [-0.15, -0.1) is 0 Å². The number of hydrogen-bond donors (Lipinski definition) is 3. The van der Waals surface area contributed by atoms with Gasteiger partial charge >= 0.3 is 0 Å². The molecule has 1 aromatic carbocycles. The van der Waals surface area contributed by atoms with E-state index in [1.54, 1.807) is 23.1 Å². The molecule has 10 heteroatoms. The minimum Gasteiger partial charge on any atom is -0.444 e. The van der Waals surface area contributed by atoms with Gasteiger partial charge in [-0.05, 0) is 44.0 Å². The average molecular weight is 463 g/mol. The third-order valence-electron chi connectivity index (χ3n) is 6.00. The number of aliphatic hydroxyl groups is 2. The fourth-order valence-corrected chi connectivity index (χ4v) is 4.23. The van der Waals surface area contributed by atoms with Gasteiger partial charge in [0.05, 0.1) is 42.3 Å². The topological polar surface area (TPSA) is 130 Å². The molecule has 0 radical (unpaired) electrons. The summed E-state index contributed by atoms with van der Waals surface area (Å²) < 4.78 is 7.29. The Morgan fingerprint density at radius 3 is 2.85 bits per heavy atom. The summed E-state index contributed by atoms with van der Waals surface area (Å²) in [4.78, 5) is 23.8. The molecule has 10 nitrogen and oxygen atoms in total. The molecule has 34 heavy (non-hydrogen) atoms. The van der Waals surface area contributed by atoms with E-state index in [0.717, 1.165) is 27.8 Å². The van der Waals surface area contributed by atoms with E-state index >= 15 is 0 Å². The summed E-state index contributed by atoms with van der Waals surface area (Å²) in [6.45, 7) is 3.56. The van der Waals surface area contributed by atoms with E-state index in [-0.39, 0.29) is 24.3 Å². The van der Waals surface area contributed by atoms with Crippen molar-refractivity contribution in [3.8, 4) is 11.5 Å². The first-order valence-corrected chi connectivity index (χ1v) is 11.2. The number of pyridine rings is 1. The number of aryl methyl sites for hydroxylation is 1. The van der Waals surface area contributed by atoms with Crippen molar-refractivity contribution in [3.63, 3.8) is 0 Å². The number of nitrogens with zero attached hydrogens (tertiary/aromatic N) is 5.